The minimum absolute atomic E-state index is 0.265. The molecule has 0 saturated heterocycles. The van der Waals surface area contributed by atoms with Crippen molar-refractivity contribution in [3.63, 3.8) is 0 Å². The number of benzene rings is 1. The fourth-order valence-corrected chi connectivity index (χ4v) is 3.35. The van der Waals surface area contributed by atoms with Gasteiger partial charge >= 0.3 is 5.97 Å². The summed E-state index contributed by atoms with van der Waals surface area (Å²) in [6.45, 7) is 9.74. The van der Waals surface area contributed by atoms with E-state index in [0.717, 1.165) is 35.9 Å². The van der Waals surface area contributed by atoms with Gasteiger partial charge in [0.05, 0.1) is 23.1 Å². The van der Waals surface area contributed by atoms with Gasteiger partial charge < -0.3 is 9.47 Å². The first-order chi connectivity index (χ1) is 13.2. The lowest BCUT2D eigenvalue weighted by molar-refractivity contribution is -0.142. The molecule has 0 saturated carbocycles. The summed E-state index contributed by atoms with van der Waals surface area (Å²) in [5.74, 6) is 0.877. The third-order valence-electron chi connectivity index (χ3n) is 4.85. The Morgan fingerprint density at radius 2 is 1.82 bits per heavy atom. The maximum absolute atomic E-state index is 12.7. The second kappa shape index (κ2) is 9.60. The predicted molar refractivity (Wildman–Crippen MR) is 116 cm³/mol. The molecule has 0 atom stereocenters. The summed E-state index contributed by atoms with van der Waals surface area (Å²) >= 11 is 6.36. The van der Waals surface area contributed by atoms with Crippen LogP contribution in [0.3, 0.4) is 0 Å². The van der Waals surface area contributed by atoms with Crippen molar-refractivity contribution in [2.45, 2.75) is 73.1 Å². The average Bonchev–Trinajstić information content (AvgIpc) is 2.62. The van der Waals surface area contributed by atoms with Crippen molar-refractivity contribution >= 4 is 28.5 Å². The number of hydrogen-bond donors (Lipinski definition) is 0. The van der Waals surface area contributed by atoms with E-state index < -0.39 is 5.41 Å². The Bertz CT molecular complexity index is 840. The van der Waals surface area contributed by atoms with Crippen LogP contribution >= 0.6 is 11.6 Å². The molecule has 0 fully saturated rings. The fourth-order valence-electron chi connectivity index (χ4n) is 3.11. The van der Waals surface area contributed by atoms with Gasteiger partial charge in [0.15, 0.2) is 0 Å². The quantitative estimate of drug-likeness (QED) is 0.363. The van der Waals surface area contributed by atoms with E-state index in [1.807, 2.05) is 27.7 Å². The Hall–Kier alpha value is -1.81. The van der Waals surface area contributed by atoms with Gasteiger partial charge in [-0.05, 0) is 46.6 Å². The summed E-state index contributed by atoms with van der Waals surface area (Å²) < 4.78 is 11.3. The van der Waals surface area contributed by atoms with Gasteiger partial charge in [-0.3, -0.25) is 9.78 Å². The van der Waals surface area contributed by atoms with Gasteiger partial charge in [0.25, 0.3) is 0 Å². The SMILES string of the molecule is CCCCCCCc1c(C)nc2cc(OC)c(Cl)cc2c1OC(=O)C(C)(C)C. The molecule has 28 heavy (non-hydrogen) atoms. The van der Waals surface area contributed by atoms with Gasteiger partial charge in [0.2, 0.25) is 0 Å². The molecule has 0 spiro atoms. The number of ether oxygens (including phenoxy) is 2. The third-order valence-corrected chi connectivity index (χ3v) is 5.15. The number of aromatic nitrogens is 1. The summed E-state index contributed by atoms with van der Waals surface area (Å²) in [6, 6.07) is 3.58. The molecule has 2 aromatic rings. The largest absolute Gasteiger partial charge is 0.495 e. The second-order valence-electron chi connectivity index (χ2n) is 8.31. The molecule has 0 aliphatic heterocycles. The van der Waals surface area contributed by atoms with Crippen molar-refractivity contribution in [1.82, 2.24) is 4.98 Å². The lowest BCUT2D eigenvalue weighted by Crippen LogP contribution is -2.26. The number of nitrogens with zero attached hydrogens (tertiary/aromatic N) is 1. The highest BCUT2D eigenvalue weighted by Gasteiger charge is 2.27. The van der Waals surface area contributed by atoms with Crippen molar-refractivity contribution in [3.8, 4) is 11.5 Å². The Labute approximate surface area is 173 Å². The van der Waals surface area contributed by atoms with Crippen LogP contribution < -0.4 is 9.47 Å². The molecular formula is C23H32ClNO3. The van der Waals surface area contributed by atoms with Crippen LogP contribution in [0.4, 0.5) is 0 Å². The molecule has 1 aromatic carbocycles. The predicted octanol–water partition coefficient (Wildman–Crippen LogP) is 6.67. The zero-order valence-electron chi connectivity index (χ0n) is 17.9. The van der Waals surface area contributed by atoms with E-state index in [4.69, 9.17) is 26.1 Å². The Morgan fingerprint density at radius 1 is 1.14 bits per heavy atom. The van der Waals surface area contributed by atoms with E-state index in [1.54, 1.807) is 19.2 Å². The van der Waals surface area contributed by atoms with Gasteiger partial charge in [0.1, 0.15) is 11.5 Å². The maximum atomic E-state index is 12.7. The van der Waals surface area contributed by atoms with Crippen LogP contribution in [-0.4, -0.2) is 18.1 Å². The molecule has 0 aliphatic rings. The summed E-state index contributed by atoms with van der Waals surface area (Å²) in [5, 5.41) is 1.22. The fraction of sp³-hybridized carbons (Fsp3) is 0.565. The second-order valence-corrected chi connectivity index (χ2v) is 8.72. The van der Waals surface area contributed by atoms with E-state index in [2.05, 4.69) is 6.92 Å². The first-order valence-corrected chi connectivity index (χ1v) is 10.5. The Kier molecular flexibility index (Phi) is 7.70. The molecule has 5 heteroatoms. The molecule has 0 N–H and O–H groups in total. The molecule has 0 aliphatic carbocycles. The van der Waals surface area contributed by atoms with E-state index in [9.17, 15) is 4.79 Å². The standard InChI is InChI=1S/C23H32ClNO3/c1-7-8-9-10-11-12-16-15(2)25-19-14-20(27-6)18(24)13-17(19)21(16)28-22(26)23(3,4)5/h13-14H,7-12H2,1-6H3. The lowest BCUT2D eigenvalue weighted by Gasteiger charge is -2.21. The number of carbonyl (C=O) groups excluding carboxylic acids is 1. The van der Waals surface area contributed by atoms with Crippen LogP contribution in [0, 0.1) is 12.3 Å². The topological polar surface area (TPSA) is 48.4 Å². The zero-order chi connectivity index (χ0) is 20.9. The number of aryl methyl sites for hydroxylation is 1. The number of hydrogen-bond acceptors (Lipinski definition) is 4. The minimum atomic E-state index is -0.599. The van der Waals surface area contributed by atoms with Crippen LogP contribution in [0.15, 0.2) is 12.1 Å². The van der Waals surface area contributed by atoms with Crippen LogP contribution in [-0.2, 0) is 11.2 Å². The molecule has 0 radical (unpaired) electrons. The van der Waals surface area contributed by atoms with Gasteiger partial charge in [-0.2, -0.15) is 0 Å². The lowest BCUT2D eigenvalue weighted by atomic mass is 9.96. The number of rotatable bonds is 8. The van der Waals surface area contributed by atoms with E-state index in [0.29, 0.717) is 22.0 Å². The highest BCUT2D eigenvalue weighted by Crippen LogP contribution is 2.38. The van der Waals surface area contributed by atoms with E-state index in [1.165, 1.54) is 19.3 Å². The van der Waals surface area contributed by atoms with Crippen LogP contribution in [0.2, 0.25) is 5.02 Å². The van der Waals surface area contributed by atoms with Gasteiger partial charge in [-0.25, -0.2) is 0 Å². The molecule has 0 unspecified atom stereocenters. The smallest absolute Gasteiger partial charge is 0.316 e. The molecule has 2 rings (SSSR count). The molecule has 1 aromatic heterocycles. The number of unbranched alkanes of at least 4 members (excludes halogenated alkanes) is 4. The number of fused-ring (bicyclic) bond motifs is 1. The highest BCUT2D eigenvalue weighted by atomic mass is 35.5. The molecule has 4 nitrogen and oxygen atoms in total. The Balaban J connectivity index is 2.50. The monoisotopic (exact) mass is 405 g/mol. The third kappa shape index (κ3) is 5.38. The first kappa shape index (κ1) is 22.5. The van der Waals surface area contributed by atoms with Crippen molar-refractivity contribution < 1.29 is 14.3 Å². The summed E-state index contributed by atoms with van der Waals surface area (Å²) in [6.07, 6.45) is 6.70. The summed E-state index contributed by atoms with van der Waals surface area (Å²) in [7, 11) is 1.57. The van der Waals surface area contributed by atoms with Crippen molar-refractivity contribution in [3.05, 3.63) is 28.4 Å². The minimum Gasteiger partial charge on any atom is -0.495 e. The maximum Gasteiger partial charge on any atom is 0.316 e. The van der Waals surface area contributed by atoms with Crippen molar-refractivity contribution in [2.24, 2.45) is 5.41 Å². The number of methoxy groups -OCH3 is 1. The van der Waals surface area contributed by atoms with Crippen molar-refractivity contribution in [2.75, 3.05) is 7.11 Å². The molecule has 0 amide bonds. The highest BCUT2D eigenvalue weighted by molar-refractivity contribution is 6.33. The number of esters is 1. The zero-order valence-corrected chi connectivity index (χ0v) is 18.7. The number of carbonyl (C=O) groups is 1. The van der Waals surface area contributed by atoms with E-state index in [-0.39, 0.29) is 5.97 Å². The first-order valence-electron chi connectivity index (χ1n) is 10.1. The van der Waals surface area contributed by atoms with Gasteiger partial charge in [-0.15, -0.1) is 0 Å². The molecule has 1 heterocycles. The summed E-state index contributed by atoms with van der Waals surface area (Å²) in [5.41, 5.74) is 1.98. The number of pyridine rings is 1. The number of halogens is 1. The van der Waals surface area contributed by atoms with Crippen LogP contribution in [0.5, 0.6) is 11.5 Å². The molecule has 0 bridgehead atoms. The van der Waals surface area contributed by atoms with Gasteiger partial charge in [-0.1, -0.05) is 44.2 Å². The molecular weight excluding hydrogens is 374 g/mol. The van der Waals surface area contributed by atoms with Crippen LogP contribution in [0.1, 0.15) is 71.1 Å². The van der Waals surface area contributed by atoms with E-state index >= 15 is 0 Å². The molecule has 154 valence electrons. The van der Waals surface area contributed by atoms with Crippen LogP contribution in [0.25, 0.3) is 10.9 Å². The summed E-state index contributed by atoms with van der Waals surface area (Å²) in [4.78, 5) is 17.4. The average molecular weight is 406 g/mol. The Morgan fingerprint density at radius 3 is 2.43 bits per heavy atom. The normalized spacial score (nSPS) is 11.7. The van der Waals surface area contributed by atoms with Crippen molar-refractivity contribution in [1.29, 1.82) is 0 Å². The van der Waals surface area contributed by atoms with Gasteiger partial charge in [0, 0.05) is 22.7 Å².